The van der Waals surface area contributed by atoms with Crippen molar-refractivity contribution in [3.8, 4) is 6.07 Å². The average Bonchev–Trinajstić information content (AvgIpc) is 2.73. The average molecular weight is 406 g/mol. The van der Waals surface area contributed by atoms with Crippen molar-refractivity contribution in [2.45, 2.75) is 71.1 Å². The van der Waals surface area contributed by atoms with Crippen LogP contribution in [0.5, 0.6) is 0 Å². The van der Waals surface area contributed by atoms with E-state index in [0.29, 0.717) is 24.9 Å². The maximum absolute atomic E-state index is 12.7. The highest BCUT2D eigenvalue weighted by molar-refractivity contribution is 5.76. The lowest BCUT2D eigenvalue weighted by Crippen LogP contribution is -2.42. The molecule has 1 aromatic heterocycles. The van der Waals surface area contributed by atoms with Gasteiger partial charge in [-0.15, -0.1) is 0 Å². The minimum absolute atomic E-state index is 0.0103. The minimum atomic E-state index is -0.363. The molecule has 2 N–H and O–H groups in total. The molecule has 1 aromatic carbocycles. The number of nitrogens with one attached hydrogen (secondary N) is 2. The molecule has 0 saturated heterocycles. The van der Waals surface area contributed by atoms with E-state index in [-0.39, 0.29) is 22.4 Å². The minimum Gasteiger partial charge on any atom is -0.355 e. The molecule has 0 spiro atoms. The second-order valence-corrected chi connectivity index (χ2v) is 8.66. The number of hydrogen-bond donors (Lipinski definition) is 2. The third-order valence-corrected chi connectivity index (χ3v) is 6.59. The number of aryl methyl sites for hydroxylation is 2. The van der Waals surface area contributed by atoms with Gasteiger partial charge in [-0.25, -0.2) is 0 Å². The second-order valence-electron chi connectivity index (χ2n) is 8.66. The van der Waals surface area contributed by atoms with Crippen LogP contribution in [0.1, 0.15) is 72.0 Å². The number of aromatic amines is 1. The molecule has 5 nitrogen and oxygen atoms in total. The van der Waals surface area contributed by atoms with Gasteiger partial charge in [0.25, 0.3) is 5.56 Å². The molecule has 1 fully saturated rings. The molecular formula is C25H31N3O2. The normalized spacial score (nSPS) is 15.4. The lowest BCUT2D eigenvalue weighted by Gasteiger charge is -2.38. The highest BCUT2D eigenvalue weighted by Crippen LogP contribution is 2.39. The van der Waals surface area contributed by atoms with Crippen molar-refractivity contribution in [1.82, 2.24) is 10.3 Å². The number of H-pyrrole nitrogens is 1. The van der Waals surface area contributed by atoms with Crippen molar-refractivity contribution in [2.75, 3.05) is 6.54 Å². The molecule has 2 aromatic rings. The first kappa shape index (κ1) is 21.8. The first-order valence-electron chi connectivity index (χ1n) is 10.8. The lowest BCUT2D eigenvalue weighted by atomic mass is 9.69. The Balaban J connectivity index is 1.69. The van der Waals surface area contributed by atoms with Crippen LogP contribution in [-0.2, 0) is 16.6 Å². The molecule has 1 aliphatic carbocycles. The van der Waals surface area contributed by atoms with Crippen LogP contribution in [0.15, 0.2) is 29.1 Å². The molecule has 1 heterocycles. The van der Waals surface area contributed by atoms with Crippen molar-refractivity contribution >= 4 is 5.91 Å². The standard InChI is InChI=1S/C25H31N3O2/c1-17-8-7-9-20(14-17)25(12-5-4-6-13-25)16-27-23(29)11-10-21-18(2)22(15-26)24(30)28-19(21)3/h7-9,14H,4-6,10-13,16H2,1-3H3,(H,27,29)(H,28,30). The summed E-state index contributed by atoms with van der Waals surface area (Å²) in [5.74, 6) is 0.0103. The number of aromatic nitrogens is 1. The zero-order chi connectivity index (χ0) is 21.7. The SMILES string of the molecule is Cc1cccc(C2(CNC(=O)CCc3c(C)[nH]c(=O)c(C#N)c3C)CCCCC2)c1. The summed E-state index contributed by atoms with van der Waals surface area (Å²) in [6.45, 7) is 6.37. The van der Waals surface area contributed by atoms with Gasteiger partial charge in [0.2, 0.25) is 5.91 Å². The van der Waals surface area contributed by atoms with E-state index in [1.807, 2.05) is 13.0 Å². The summed E-state index contributed by atoms with van der Waals surface area (Å²) in [4.78, 5) is 27.3. The number of hydrogen-bond acceptors (Lipinski definition) is 3. The Hall–Kier alpha value is -2.87. The van der Waals surface area contributed by atoms with Gasteiger partial charge in [0.1, 0.15) is 11.6 Å². The zero-order valence-electron chi connectivity index (χ0n) is 18.2. The van der Waals surface area contributed by atoms with Crippen LogP contribution < -0.4 is 10.9 Å². The summed E-state index contributed by atoms with van der Waals surface area (Å²) >= 11 is 0. The molecule has 1 amide bonds. The Bertz CT molecular complexity index is 1020. The Morgan fingerprint density at radius 3 is 2.60 bits per heavy atom. The Labute approximate surface area is 178 Å². The number of nitriles is 1. The molecule has 0 aliphatic heterocycles. The van der Waals surface area contributed by atoms with Gasteiger partial charge in [-0.1, -0.05) is 49.1 Å². The molecule has 0 unspecified atom stereocenters. The van der Waals surface area contributed by atoms with Crippen molar-refractivity contribution in [1.29, 1.82) is 5.26 Å². The number of carbonyl (C=O) groups excluding carboxylic acids is 1. The molecule has 1 aliphatic rings. The summed E-state index contributed by atoms with van der Waals surface area (Å²) in [5, 5.41) is 12.4. The largest absolute Gasteiger partial charge is 0.355 e. The summed E-state index contributed by atoms with van der Waals surface area (Å²) in [6.07, 6.45) is 6.68. The van der Waals surface area contributed by atoms with Crippen LogP contribution in [0.4, 0.5) is 0 Å². The van der Waals surface area contributed by atoms with Crippen LogP contribution in [0.3, 0.4) is 0 Å². The van der Waals surface area contributed by atoms with Crippen LogP contribution in [0, 0.1) is 32.1 Å². The van der Waals surface area contributed by atoms with E-state index in [9.17, 15) is 14.9 Å². The van der Waals surface area contributed by atoms with Gasteiger partial charge in [0.05, 0.1) is 0 Å². The second kappa shape index (κ2) is 9.30. The third kappa shape index (κ3) is 4.64. The predicted molar refractivity (Wildman–Crippen MR) is 119 cm³/mol. The highest BCUT2D eigenvalue weighted by atomic mass is 16.1. The van der Waals surface area contributed by atoms with Crippen molar-refractivity contribution < 1.29 is 4.79 Å². The van der Waals surface area contributed by atoms with E-state index in [1.165, 1.54) is 30.4 Å². The maximum Gasteiger partial charge on any atom is 0.266 e. The molecule has 158 valence electrons. The van der Waals surface area contributed by atoms with Gasteiger partial charge < -0.3 is 10.3 Å². The third-order valence-electron chi connectivity index (χ3n) is 6.59. The maximum atomic E-state index is 12.7. The van der Waals surface area contributed by atoms with Gasteiger partial charge >= 0.3 is 0 Å². The van der Waals surface area contributed by atoms with Gasteiger partial charge in [0.15, 0.2) is 0 Å². The molecule has 0 radical (unpaired) electrons. The van der Waals surface area contributed by atoms with Crippen LogP contribution in [0.25, 0.3) is 0 Å². The predicted octanol–water partition coefficient (Wildman–Crippen LogP) is 4.12. The van der Waals surface area contributed by atoms with E-state index in [4.69, 9.17) is 0 Å². The molecule has 5 heteroatoms. The fourth-order valence-electron chi connectivity index (χ4n) is 4.79. The van der Waals surface area contributed by atoms with Crippen LogP contribution >= 0.6 is 0 Å². The Kier molecular flexibility index (Phi) is 6.77. The van der Waals surface area contributed by atoms with Gasteiger partial charge in [-0.3, -0.25) is 9.59 Å². The molecule has 3 rings (SSSR count). The first-order chi connectivity index (χ1) is 14.4. The highest BCUT2D eigenvalue weighted by Gasteiger charge is 2.34. The van der Waals surface area contributed by atoms with Gasteiger partial charge in [-0.2, -0.15) is 5.26 Å². The quantitative estimate of drug-likeness (QED) is 0.758. The molecular weight excluding hydrogens is 374 g/mol. The zero-order valence-corrected chi connectivity index (χ0v) is 18.2. The van der Waals surface area contributed by atoms with Crippen molar-refractivity contribution in [3.05, 3.63) is 68.1 Å². The molecule has 30 heavy (non-hydrogen) atoms. The fraction of sp³-hybridized carbons (Fsp3) is 0.480. The number of benzene rings is 1. The number of nitrogens with zero attached hydrogens (tertiary/aromatic N) is 1. The molecule has 0 atom stereocenters. The van der Waals surface area contributed by atoms with E-state index in [0.717, 1.165) is 24.1 Å². The number of pyridine rings is 1. The van der Waals surface area contributed by atoms with Gasteiger partial charge in [-0.05, 0) is 56.7 Å². The van der Waals surface area contributed by atoms with E-state index in [1.54, 1.807) is 6.92 Å². The van der Waals surface area contributed by atoms with E-state index in [2.05, 4.69) is 41.5 Å². The number of amides is 1. The molecule has 0 bridgehead atoms. The summed E-state index contributed by atoms with van der Waals surface area (Å²) in [6, 6.07) is 10.6. The lowest BCUT2D eigenvalue weighted by molar-refractivity contribution is -0.121. The monoisotopic (exact) mass is 405 g/mol. The number of carbonyl (C=O) groups is 1. The van der Waals surface area contributed by atoms with E-state index >= 15 is 0 Å². The van der Waals surface area contributed by atoms with Crippen molar-refractivity contribution in [3.63, 3.8) is 0 Å². The van der Waals surface area contributed by atoms with Crippen LogP contribution in [0.2, 0.25) is 0 Å². The first-order valence-corrected chi connectivity index (χ1v) is 10.8. The summed E-state index contributed by atoms with van der Waals surface area (Å²) in [7, 11) is 0. The Morgan fingerprint density at radius 1 is 1.20 bits per heavy atom. The summed E-state index contributed by atoms with van der Waals surface area (Å²) in [5.41, 5.74) is 4.65. The summed E-state index contributed by atoms with van der Waals surface area (Å²) < 4.78 is 0. The molecule has 1 saturated carbocycles. The van der Waals surface area contributed by atoms with Gasteiger partial charge in [0, 0.05) is 24.1 Å². The van der Waals surface area contributed by atoms with Crippen LogP contribution in [-0.4, -0.2) is 17.4 Å². The van der Waals surface area contributed by atoms with Crippen molar-refractivity contribution in [2.24, 2.45) is 0 Å². The smallest absolute Gasteiger partial charge is 0.266 e. The number of rotatable bonds is 6. The topological polar surface area (TPSA) is 85.8 Å². The van der Waals surface area contributed by atoms with E-state index < -0.39 is 0 Å². The fourth-order valence-corrected chi connectivity index (χ4v) is 4.79. The Morgan fingerprint density at radius 2 is 1.93 bits per heavy atom.